The lowest BCUT2D eigenvalue weighted by atomic mass is 10.0. The summed E-state index contributed by atoms with van der Waals surface area (Å²) in [6.07, 6.45) is 0. The molecule has 0 radical (unpaired) electrons. The van der Waals surface area contributed by atoms with Gasteiger partial charge in [0, 0.05) is 10.9 Å². The Morgan fingerprint density at radius 2 is 1.48 bits per heavy atom. The quantitative estimate of drug-likeness (QED) is 0.719. The van der Waals surface area contributed by atoms with Crippen LogP contribution in [-0.2, 0) is 0 Å². The highest BCUT2D eigenvalue weighted by Crippen LogP contribution is 2.28. The molecular weight excluding hydrogens is 262 g/mol. The van der Waals surface area contributed by atoms with Crippen molar-refractivity contribution in [2.75, 3.05) is 14.2 Å². The number of nitrogens with zero attached hydrogens (tertiary/aromatic N) is 1. The Labute approximate surface area is 124 Å². The van der Waals surface area contributed by atoms with Crippen molar-refractivity contribution < 1.29 is 9.47 Å². The summed E-state index contributed by atoms with van der Waals surface area (Å²) in [6, 6.07) is 16.0. The van der Waals surface area contributed by atoms with Crippen LogP contribution in [0.25, 0.3) is 22.2 Å². The summed E-state index contributed by atoms with van der Waals surface area (Å²) >= 11 is 0. The van der Waals surface area contributed by atoms with Crippen LogP contribution in [0.4, 0.5) is 0 Å². The first kappa shape index (κ1) is 13.4. The van der Waals surface area contributed by atoms with Gasteiger partial charge in [-0.2, -0.15) is 0 Å². The first-order chi connectivity index (χ1) is 10.2. The Hall–Kier alpha value is -2.55. The minimum Gasteiger partial charge on any atom is -0.497 e. The van der Waals surface area contributed by atoms with E-state index >= 15 is 0 Å². The minimum atomic E-state index is 0.848. The van der Waals surface area contributed by atoms with Crippen LogP contribution in [-0.4, -0.2) is 19.2 Å². The molecule has 0 saturated carbocycles. The maximum atomic E-state index is 5.28. The third-order valence-corrected chi connectivity index (χ3v) is 3.61. The topological polar surface area (TPSA) is 31.4 Å². The fourth-order valence-corrected chi connectivity index (χ4v) is 2.41. The van der Waals surface area contributed by atoms with Crippen molar-refractivity contribution in [3.05, 3.63) is 54.1 Å². The molecular formula is C18H17NO2. The molecule has 1 aromatic heterocycles. The maximum Gasteiger partial charge on any atom is 0.119 e. The lowest BCUT2D eigenvalue weighted by Crippen LogP contribution is -1.91. The number of fused-ring (bicyclic) bond motifs is 1. The van der Waals surface area contributed by atoms with Gasteiger partial charge in [0.25, 0.3) is 0 Å². The van der Waals surface area contributed by atoms with E-state index in [9.17, 15) is 0 Å². The third-order valence-electron chi connectivity index (χ3n) is 3.61. The summed E-state index contributed by atoms with van der Waals surface area (Å²) in [5.74, 6) is 1.70. The van der Waals surface area contributed by atoms with Gasteiger partial charge in [0.1, 0.15) is 11.5 Å². The van der Waals surface area contributed by atoms with Gasteiger partial charge < -0.3 is 9.47 Å². The fourth-order valence-electron chi connectivity index (χ4n) is 2.41. The molecule has 3 aromatic rings. The van der Waals surface area contributed by atoms with Crippen molar-refractivity contribution in [2.45, 2.75) is 6.92 Å². The zero-order chi connectivity index (χ0) is 14.8. The molecule has 0 spiro atoms. The second-order valence-corrected chi connectivity index (χ2v) is 4.94. The molecule has 2 aromatic carbocycles. The average Bonchev–Trinajstić information content (AvgIpc) is 2.54. The maximum absolute atomic E-state index is 5.28. The van der Waals surface area contributed by atoms with Gasteiger partial charge in [-0.3, -0.25) is 0 Å². The number of benzene rings is 2. The second-order valence-electron chi connectivity index (χ2n) is 4.94. The number of aryl methyl sites for hydroxylation is 1. The average molecular weight is 279 g/mol. The highest BCUT2D eigenvalue weighted by Gasteiger charge is 2.06. The number of pyridine rings is 1. The molecule has 3 nitrogen and oxygen atoms in total. The number of aromatic nitrogens is 1. The van der Waals surface area contributed by atoms with Crippen LogP contribution in [0.5, 0.6) is 11.5 Å². The summed E-state index contributed by atoms with van der Waals surface area (Å²) in [7, 11) is 3.34. The zero-order valence-electron chi connectivity index (χ0n) is 12.4. The van der Waals surface area contributed by atoms with Gasteiger partial charge in [-0.15, -0.1) is 0 Å². The Morgan fingerprint density at radius 1 is 0.810 bits per heavy atom. The van der Waals surface area contributed by atoms with Crippen LogP contribution in [0, 0.1) is 6.92 Å². The molecule has 0 atom stereocenters. The molecule has 0 N–H and O–H groups in total. The van der Waals surface area contributed by atoms with E-state index in [4.69, 9.17) is 14.5 Å². The van der Waals surface area contributed by atoms with Crippen molar-refractivity contribution in [1.82, 2.24) is 4.98 Å². The standard InChI is InChI=1S/C18H17NO2/c1-12-10-18(13-4-6-14(20-2)7-5-13)19-17-9-8-15(21-3)11-16(12)17/h4-11H,1-3H3. The fraction of sp³-hybridized carbons (Fsp3) is 0.167. The molecule has 1 heterocycles. The Kier molecular flexibility index (Phi) is 3.48. The summed E-state index contributed by atoms with van der Waals surface area (Å²) in [5, 5.41) is 1.12. The number of methoxy groups -OCH3 is 2. The summed E-state index contributed by atoms with van der Waals surface area (Å²) < 4.78 is 10.5. The molecule has 0 unspecified atom stereocenters. The Morgan fingerprint density at radius 3 is 2.14 bits per heavy atom. The highest BCUT2D eigenvalue weighted by molar-refractivity contribution is 5.86. The second kappa shape index (κ2) is 5.44. The molecule has 0 amide bonds. The molecule has 0 aliphatic carbocycles. The summed E-state index contributed by atoms with van der Waals surface area (Å²) in [4.78, 5) is 4.74. The summed E-state index contributed by atoms with van der Waals surface area (Å²) in [6.45, 7) is 2.09. The van der Waals surface area contributed by atoms with E-state index in [1.165, 1.54) is 5.56 Å². The molecule has 106 valence electrons. The Bertz CT molecular complexity index is 779. The van der Waals surface area contributed by atoms with Crippen molar-refractivity contribution in [2.24, 2.45) is 0 Å². The first-order valence-electron chi connectivity index (χ1n) is 6.81. The normalized spacial score (nSPS) is 10.6. The zero-order valence-corrected chi connectivity index (χ0v) is 12.4. The lowest BCUT2D eigenvalue weighted by Gasteiger charge is -2.09. The number of hydrogen-bond donors (Lipinski definition) is 0. The van der Waals surface area contributed by atoms with Gasteiger partial charge in [0.2, 0.25) is 0 Å². The predicted molar refractivity (Wildman–Crippen MR) is 85.0 cm³/mol. The van der Waals surface area contributed by atoms with Crippen LogP contribution < -0.4 is 9.47 Å². The first-order valence-corrected chi connectivity index (χ1v) is 6.81. The van der Waals surface area contributed by atoms with E-state index in [1.807, 2.05) is 42.5 Å². The Balaban J connectivity index is 2.11. The van der Waals surface area contributed by atoms with Gasteiger partial charge >= 0.3 is 0 Å². The van der Waals surface area contributed by atoms with E-state index in [-0.39, 0.29) is 0 Å². The molecule has 0 aliphatic rings. The van der Waals surface area contributed by atoms with E-state index in [1.54, 1.807) is 14.2 Å². The van der Waals surface area contributed by atoms with Crippen molar-refractivity contribution in [3.63, 3.8) is 0 Å². The van der Waals surface area contributed by atoms with Gasteiger partial charge in [0.15, 0.2) is 0 Å². The smallest absolute Gasteiger partial charge is 0.119 e. The van der Waals surface area contributed by atoms with E-state index in [0.29, 0.717) is 0 Å². The van der Waals surface area contributed by atoms with Gasteiger partial charge in [-0.1, -0.05) is 0 Å². The monoisotopic (exact) mass is 279 g/mol. The molecule has 3 heteroatoms. The molecule has 0 bridgehead atoms. The van der Waals surface area contributed by atoms with Crippen LogP contribution in [0.3, 0.4) is 0 Å². The molecule has 3 rings (SSSR count). The summed E-state index contributed by atoms with van der Waals surface area (Å²) in [5.41, 5.74) is 4.20. The van der Waals surface area contributed by atoms with Crippen molar-refractivity contribution >= 4 is 10.9 Å². The molecule has 0 saturated heterocycles. The van der Waals surface area contributed by atoms with Crippen LogP contribution in [0.15, 0.2) is 48.5 Å². The van der Waals surface area contributed by atoms with Crippen molar-refractivity contribution in [1.29, 1.82) is 0 Å². The van der Waals surface area contributed by atoms with Crippen molar-refractivity contribution in [3.8, 4) is 22.8 Å². The highest BCUT2D eigenvalue weighted by atomic mass is 16.5. The van der Waals surface area contributed by atoms with E-state index < -0.39 is 0 Å². The lowest BCUT2D eigenvalue weighted by molar-refractivity contribution is 0.415. The van der Waals surface area contributed by atoms with Gasteiger partial charge in [-0.05, 0) is 61.0 Å². The number of rotatable bonds is 3. The van der Waals surface area contributed by atoms with E-state index in [2.05, 4.69) is 13.0 Å². The van der Waals surface area contributed by atoms with Gasteiger partial charge in [-0.25, -0.2) is 4.98 Å². The predicted octanol–water partition coefficient (Wildman–Crippen LogP) is 4.23. The molecule has 0 aliphatic heterocycles. The SMILES string of the molecule is COc1ccc(-c2cc(C)c3cc(OC)ccc3n2)cc1. The van der Waals surface area contributed by atoms with Crippen LogP contribution in [0.2, 0.25) is 0 Å². The van der Waals surface area contributed by atoms with Crippen LogP contribution >= 0.6 is 0 Å². The molecule has 0 fully saturated rings. The minimum absolute atomic E-state index is 0.848. The number of ether oxygens (including phenoxy) is 2. The molecule has 21 heavy (non-hydrogen) atoms. The largest absolute Gasteiger partial charge is 0.497 e. The van der Waals surface area contributed by atoms with Crippen LogP contribution in [0.1, 0.15) is 5.56 Å². The van der Waals surface area contributed by atoms with E-state index in [0.717, 1.165) is 33.7 Å². The number of hydrogen-bond acceptors (Lipinski definition) is 3. The third kappa shape index (κ3) is 2.55. The van der Waals surface area contributed by atoms with Gasteiger partial charge in [0.05, 0.1) is 25.4 Å².